The van der Waals surface area contributed by atoms with Crippen molar-refractivity contribution in [2.24, 2.45) is 12.8 Å². The highest BCUT2D eigenvalue weighted by atomic mass is 15.6. The molecular weight excluding hydrogens is 268 g/mol. The molecule has 0 radical (unpaired) electrons. The van der Waals surface area contributed by atoms with Crippen molar-refractivity contribution >= 4 is 5.82 Å². The lowest BCUT2D eigenvalue weighted by Gasteiger charge is -2.34. The molecular formula is C13H20N8. The average molecular weight is 288 g/mol. The summed E-state index contributed by atoms with van der Waals surface area (Å²) in [6.45, 7) is 5.13. The van der Waals surface area contributed by atoms with E-state index in [0.29, 0.717) is 6.54 Å². The largest absolute Gasteiger partial charge is 0.354 e. The Balaban J connectivity index is 1.54. The average Bonchev–Trinajstić information content (AvgIpc) is 2.93. The van der Waals surface area contributed by atoms with Crippen molar-refractivity contribution in [2.75, 3.05) is 31.1 Å². The van der Waals surface area contributed by atoms with E-state index < -0.39 is 0 Å². The topological polar surface area (TPSA) is 89.0 Å². The van der Waals surface area contributed by atoms with Crippen LogP contribution in [0.1, 0.15) is 11.4 Å². The van der Waals surface area contributed by atoms with E-state index >= 15 is 0 Å². The lowest BCUT2D eigenvalue weighted by Crippen LogP contribution is -2.46. The van der Waals surface area contributed by atoms with Gasteiger partial charge >= 0.3 is 0 Å². The van der Waals surface area contributed by atoms with Gasteiger partial charge in [-0.1, -0.05) is 6.07 Å². The van der Waals surface area contributed by atoms with Gasteiger partial charge in [0.1, 0.15) is 5.82 Å². The summed E-state index contributed by atoms with van der Waals surface area (Å²) in [7, 11) is 1.78. The van der Waals surface area contributed by atoms with Crippen molar-refractivity contribution < 1.29 is 0 Å². The van der Waals surface area contributed by atoms with Gasteiger partial charge in [-0.15, -0.1) is 10.2 Å². The van der Waals surface area contributed by atoms with Crippen LogP contribution in [0.3, 0.4) is 0 Å². The highest BCUT2D eigenvalue weighted by Crippen LogP contribution is 2.14. The van der Waals surface area contributed by atoms with Gasteiger partial charge in [0.2, 0.25) is 0 Å². The smallest absolute Gasteiger partial charge is 0.188 e. The first-order chi connectivity index (χ1) is 10.2. The molecule has 1 saturated heterocycles. The van der Waals surface area contributed by atoms with Crippen molar-refractivity contribution in [3.63, 3.8) is 0 Å². The van der Waals surface area contributed by atoms with Crippen LogP contribution >= 0.6 is 0 Å². The molecule has 3 heterocycles. The fourth-order valence-electron chi connectivity index (χ4n) is 2.45. The molecule has 0 atom stereocenters. The summed E-state index contributed by atoms with van der Waals surface area (Å²) >= 11 is 0. The zero-order valence-electron chi connectivity index (χ0n) is 12.2. The van der Waals surface area contributed by atoms with Crippen LogP contribution in [0.15, 0.2) is 18.3 Å². The molecule has 2 aromatic heterocycles. The lowest BCUT2D eigenvalue weighted by atomic mass is 10.2. The van der Waals surface area contributed by atoms with E-state index in [9.17, 15) is 0 Å². The van der Waals surface area contributed by atoms with E-state index in [1.54, 1.807) is 7.05 Å². The number of aromatic nitrogens is 5. The van der Waals surface area contributed by atoms with Gasteiger partial charge in [-0.05, 0) is 16.8 Å². The number of aryl methyl sites for hydroxylation is 1. The summed E-state index contributed by atoms with van der Waals surface area (Å²) in [5.41, 5.74) is 6.65. The number of nitrogens with zero attached hydrogens (tertiary/aromatic N) is 7. The number of anilines is 1. The van der Waals surface area contributed by atoms with Crippen LogP contribution in [0.2, 0.25) is 0 Å². The molecule has 3 rings (SSSR count). The predicted molar refractivity (Wildman–Crippen MR) is 78.4 cm³/mol. The van der Waals surface area contributed by atoms with Gasteiger partial charge in [-0.2, -0.15) is 4.80 Å². The SMILES string of the molecule is Cn1nnc(CN2CCN(c3ccc(CN)cn3)CC2)n1. The van der Waals surface area contributed by atoms with Crippen LogP contribution in [0.4, 0.5) is 5.82 Å². The van der Waals surface area contributed by atoms with Crippen LogP contribution in [0.25, 0.3) is 0 Å². The molecule has 2 N–H and O–H groups in total. The molecule has 112 valence electrons. The molecule has 0 aromatic carbocycles. The second-order valence-electron chi connectivity index (χ2n) is 5.19. The minimum Gasteiger partial charge on any atom is -0.354 e. The number of piperazine rings is 1. The minimum atomic E-state index is 0.534. The predicted octanol–water partition coefficient (Wildman–Crippen LogP) is -0.614. The Bertz CT molecular complexity index is 570. The number of nitrogens with two attached hydrogens (primary N) is 1. The van der Waals surface area contributed by atoms with Crippen LogP contribution in [0.5, 0.6) is 0 Å². The number of hydrogen-bond acceptors (Lipinski definition) is 7. The summed E-state index contributed by atoms with van der Waals surface area (Å²) in [6.07, 6.45) is 1.85. The molecule has 21 heavy (non-hydrogen) atoms. The molecule has 8 heteroatoms. The molecule has 0 saturated carbocycles. The van der Waals surface area contributed by atoms with Crippen molar-refractivity contribution in [1.29, 1.82) is 0 Å². The van der Waals surface area contributed by atoms with Gasteiger partial charge in [0.05, 0.1) is 13.6 Å². The van der Waals surface area contributed by atoms with E-state index in [1.807, 2.05) is 18.3 Å². The molecule has 0 spiro atoms. The summed E-state index contributed by atoms with van der Waals surface area (Å²) in [5.74, 6) is 1.79. The van der Waals surface area contributed by atoms with Crippen LogP contribution < -0.4 is 10.6 Å². The third kappa shape index (κ3) is 3.34. The van der Waals surface area contributed by atoms with Crippen molar-refractivity contribution in [3.05, 3.63) is 29.7 Å². The monoisotopic (exact) mass is 288 g/mol. The summed E-state index contributed by atoms with van der Waals surface area (Å²) < 4.78 is 0. The molecule has 0 amide bonds. The van der Waals surface area contributed by atoms with Crippen molar-refractivity contribution in [2.45, 2.75) is 13.1 Å². The Morgan fingerprint density at radius 3 is 2.57 bits per heavy atom. The number of pyridine rings is 1. The lowest BCUT2D eigenvalue weighted by molar-refractivity contribution is 0.243. The van der Waals surface area contributed by atoms with Gasteiger partial charge in [-0.3, -0.25) is 4.90 Å². The van der Waals surface area contributed by atoms with Crippen LogP contribution in [-0.2, 0) is 20.1 Å². The van der Waals surface area contributed by atoms with Crippen molar-refractivity contribution in [3.8, 4) is 0 Å². The second kappa shape index (κ2) is 6.15. The maximum Gasteiger partial charge on any atom is 0.188 e. The number of tetrazole rings is 1. The first-order valence-corrected chi connectivity index (χ1v) is 7.10. The first kappa shape index (κ1) is 13.9. The highest BCUT2D eigenvalue weighted by molar-refractivity contribution is 5.39. The summed E-state index contributed by atoms with van der Waals surface area (Å²) in [6, 6.07) is 4.08. The maximum absolute atomic E-state index is 5.59. The van der Waals surface area contributed by atoms with E-state index in [-0.39, 0.29) is 0 Å². The summed E-state index contributed by atoms with van der Waals surface area (Å²) in [5, 5.41) is 12.1. The van der Waals surface area contributed by atoms with Gasteiger partial charge in [0.15, 0.2) is 5.82 Å². The summed E-state index contributed by atoms with van der Waals surface area (Å²) in [4.78, 5) is 10.6. The van der Waals surface area contributed by atoms with E-state index in [1.165, 1.54) is 4.80 Å². The fourth-order valence-corrected chi connectivity index (χ4v) is 2.45. The number of rotatable bonds is 4. The molecule has 0 aliphatic carbocycles. The molecule has 8 nitrogen and oxygen atoms in total. The van der Waals surface area contributed by atoms with E-state index in [4.69, 9.17) is 5.73 Å². The van der Waals surface area contributed by atoms with Crippen molar-refractivity contribution in [1.82, 2.24) is 30.1 Å². The first-order valence-electron chi connectivity index (χ1n) is 7.10. The van der Waals surface area contributed by atoms with Gasteiger partial charge in [-0.25, -0.2) is 4.98 Å². The Morgan fingerprint density at radius 2 is 2.00 bits per heavy atom. The molecule has 1 aliphatic rings. The minimum absolute atomic E-state index is 0.534. The Morgan fingerprint density at radius 1 is 1.19 bits per heavy atom. The van der Waals surface area contributed by atoms with Gasteiger partial charge < -0.3 is 10.6 Å². The van der Waals surface area contributed by atoms with Crippen LogP contribution in [0, 0.1) is 0 Å². The Labute approximate surface area is 123 Å². The molecule has 0 unspecified atom stereocenters. The standard InChI is InChI=1S/C13H20N8/c1-19-17-12(16-18-19)10-20-4-6-21(7-5-20)13-3-2-11(8-14)9-15-13/h2-3,9H,4-8,10,14H2,1H3. The normalized spacial score (nSPS) is 16.4. The Hall–Kier alpha value is -2.06. The van der Waals surface area contributed by atoms with Gasteiger partial charge in [0.25, 0.3) is 0 Å². The molecule has 2 aromatic rings. The molecule has 0 bridgehead atoms. The molecule has 1 aliphatic heterocycles. The number of hydrogen-bond donors (Lipinski definition) is 1. The fraction of sp³-hybridized carbons (Fsp3) is 0.538. The second-order valence-corrected chi connectivity index (χ2v) is 5.19. The van der Waals surface area contributed by atoms with Crippen LogP contribution in [-0.4, -0.2) is 56.3 Å². The third-order valence-electron chi connectivity index (χ3n) is 3.66. The maximum atomic E-state index is 5.59. The van der Waals surface area contributed by atoms with Gasteiger partial charge in [0, 0.05) is 38.9 Å². The zero-order valence-corrected chi connectivity index (χ0v) is 12.2. The quantitative estimate of drug-likeness (QED) is 0.802. The zero-order chi connectivity index (χ0) is 14.7. The van der Waals surface area contributed by atoms with E-state index in [0.717, 1.165) is 49.9 Å². The third-order valence-corrected chi connectivity index (χ3v) is 3.66. The highest BCUT2D eigenvalue weighted by Gasteiger charge is 2.19. The molecule has 1 fully saturated rings. The Kier molecular flexibility index (Phi) is 4.07. The van der Waals surface area contributed by atoms with E-state index in [2.05, 4.69) is 30.2 Å².